The van der Waals surface area contributed by atoms with Gasteiger partial charge in [-0.15, -0.1) is 0 Å². The maximum absolute atomic E-state index is 11.4. The van der Waals surface area contributed by atoms with Crippen molar-refractivity contribution < 1.29 is 9.72 Å². The highest BCUT2D eigenvalue weighted by atomic mass is 16.6. The second-order valence-electron chi connectivity index (χ2n) is 5.44. The molecule has 0 fully saturated rings. The minimum absolute atomic E-state index is 0.0330. The van der Waals surface area contributed by atoms with Crippen LogP contribution in [0.4, 0.5) is 17.1 Å². The van der Waals surface area contributed by atoms with Gasteiger partial charge in [-0.25, -0.2) is 0 Å². The van der Waals surface area contributed by atoms with E-state index in [1.165, 1.54) is 18.1 Å². The highest BCUT2D eigenvalue weighted by Gasteiger charge is 2.24. The van der Waals surface area contributed by atoms with E-state index in [4.69, 9.17) is 0 Å². The molecule has 0 aromatic heterocycles. The molecule has 1 aliphatic heterocycles. The first kappa shape index (κ1) is 13.6. The first-order valence-electron chi connectivity index (χ1n) is 7.16. The Morgan fingerprint density at radius 1 is 1.38 bits per heavy atom. The fourth-order valence-electron chi connectivity index (χ4n) is 2.88. The third kappa shape index (κ3) is 2.89. The van der Waals surface area contributed by atoms with Crippen molar-refractivity contribution in [3.8, 4) is 0 Å². The van der Waals surface area contributed by atoms with Crippen LogP contribution in [0.3, 0.4) is 0 Å². The number of fused-ring (bicyclic) bond motifs is 1. The quantitative estimate of drug-likeness (QED) is 0.495. The van der Waals surface area contributed by atoms with Crippen molar-refractivity contribution in [2.75, 3.05) is 17.2 Å². The first-order valence-corrected chi connectivity index (χ1v) is 7.16. The van der Waals surface area contributed by atoms with Crippen LogP contribution in [0.25, 0.3) is 0 Å². The summed E-state index contributed by atoms with van der Waals surface area (Å²) in [5, 5.41) is 17.0. The number of hydrogen-bond donors (Lipinski definition) is 2. The number of nitrogens with one attached hydrogen (secondary N) is 2. The number of amides is 1. The zero-order valence-corrected chi connectivity index (χ0v) is 11.6. The number of hydrogen-bond acceptors (Lipinski definition) is 4. The number of nitrogens with zero attached hydrogens (tertiary/aromatic N) is 1. The third-order valence-corrected chi connectivity index (χ3v) is 3.94. The second kappa shape index (κ2) is 5.55. The van der Waals surface area contributed by atoms with Gasteiger partial charge in [-0.05, 0) is 37.3 Å². The zero-order chi connectivity index (χ0) is 14.8. The minimum atomic E-state index is -0.403. The van der Waals surface area contributed by atoms with Crippen LogP contribution >= 0.6 is 0 Å². The summed E-state index contributed by atoms with van der Waals surface area (Å²) < 4.78 is 0. The van der Waals surface area contributed by atoms with E-state index in [9.17, 15) is 14.9 Å². The highest BCUT2D eigenvalue weighted by Crippen LogP contribution is 2.34. The normalized spacial score (nSPS) is 16.4. The summed E-state index contributed by atoms with van der Waals surface area (Å²) in [4.78, 5) is 22.1. The van der Waals surface area contributed by atoms with Gasteiger partial charge in [0.05, 0.1) is 11.3 Å². The summed E-state index contributed by atoms with van der Waals surface area (Å²) in [6.07, 6.45) is 6.84. The van der Waals surface area contributed by atoms with Gasteiger partial charge in [-0.2, -0.15) is 0 Å². The predicted octanol–water partition coefficient (Wildman–Crippen LogP) is 3.00. The van der Waals surface area contributed by atoms with Gasteiger partial charge in [-0.1, -0.05) is 11.6 Å². The van der Waals surface area contributed by atoms with E-state index in [1.54, 1.807) is 6.07 Å². The minimum Gasteiger partial charge on any atom is -0.379 e. The van der Waals surface area contributed by atoms with Gasteiger partial charge >= 0.3 is 0 Å². The Morgan fingerprint density at radius 2 is 2.24 bits per heavy atom. The lowest BCUT2D eigenvalue weighted by atomic mass is 10.1. The molecule has 1 heterocycles. The third-order valence-electron chi connectivity index (χ3n) is 3.94. The molecule has 0 radical (unpaired) electrons. The summed E-state index contributed by atoms with van der Waals surface area (Å²) >= 11 is 0. The van der Waals surface area contributed by atoms with Crippen molar-refractivity contribution in [1.82, 2.24) is 0 Å². The number of rotatable bonds is 5. The van der Waals surface area contributed by atoms with Gasteiger partial charge in [0.1, 0.15) is 5.69 Å². The Kier molecular flexibility index (Phi) is 3.60. The summed E-state index contributed by atoms with van der Waals surface area (Å²) in [7, 11) is 0. The molecule has 0 saturated carbocycles. The van der Waals surface area contributed by atoms with Crippen molar-refractivity contribution in [2.24, 2.45) is 0 Å². The Bertz CT molecular complexity index is 637. The van der Waals surface area contributed by atoms with Crippen LogP contribution in [0, 0.1) is 10.1 Å². The van der Waals surface area contributed by atoms with Gasteiger partial charge in [0.25, 0.3) is 5.69 Å². The molecule has 1 aromatic carbocycles. The van der Waals surface area contributed by atoms with Gasteiger partial charge in [0, 0.05) is 18.3 Å². The lowest BCUT2D eigenvalue weighted by Crippen LogP contribution is -2.06. The molecule has 2 aliphatic rings. The van der Waals surface area contributed by atoms with Crippen LogP contribution in [0.5, 0.6) is 0 Å². The smallest absolute Gasteiger partial charge is 0.292 e. The molecule has 0 unspecified atom stereocenters. The molecule has 0 atom stereocenters. The monoisotopic (exact) mass is 287 g/mol. The predicted molar refractivity (Wildman–Crippen MR) is 80.5 cm³/mol. The Morgan fingerprint density at radius 3 is 2.95 bits per heavy atom. The van der Waals surface area contributed by atoms with E-state index in [2.05, 4.69) is 16.7 Å². The molecule has 6 heteroatoms. The number of anilines is 2. The summed E-state index contributed by atoms with van der Waals surface area (Å²) in [5.41, 5.74) is 3.29. The summed E-state index contributed by atoms with van der Waals surface area (Å²) in [6.45, 7) is 0.666. The number of nitro benzene ring substituents is 1. The maximum atomic E-state index is 11.4. The molecule has 110 valence electrons. The fraction of sp³-hybridized carbons (Fsp3) is 0.400. The Labute approximate surface area is 122 Å². The molecule has 0 spiro atoms. The van der Waals surface area contributed by atoms with E-state index in [0.717, 1.165) is 19.3 Å². The van der Waals surface area contributed by atoms with E-state index in [-0.39, 0.29) is 18.0 Å². The Balaban J connectivity index is 1.75. The number of carbonyl (C=O) groups is 1. The number of allylic oxidation sites excluding steroid dienone is 1. The lowest BCUT2D eigenvalue weighted by molar-refractivity contribution is -0.384. The molecule has 1 aromatic rings. The van der Waals surface area contributed by atoms with Crippen molar-refractivity contribution >= 4 is 23.0 Å². The topological polar surface area (TPSA) is 84.3 Å². The lowest BCUT2D eigenvalue weighted by Gasteiger charge is -2.09. The molecule has 3 rings (SSSR count). The SMILES string of the molecule is O=C1Cc2cc([N+](=O)[O-])c(NCCC3=CCCC3)cc2N1. The van der Waals surface area contributed by atoms with E-state index in [0.29, 0.717) is 23.5 Å². The van der Waals surface area contributed by atoms with Gasteiger partial charge in [-0.3, -0.25) is 14.9 Å². The van der Waals surface area contributed by atoms with Crippen molar-refractivity contribution in [3.05, 3.63) is 39.5 Å². The zero-order valence-electron chi connectivity index (χ0n) is 11.6. The number of carbonyl (C=O) groups excluding carboxylic acids is 1. The summed E-state index contributed by atoms with van der Waals surface area (Å²) in [6, 6.07) is 3.16. The summed E-state index contributed by atoms with van der Waals surface area (Å²) in [5.74, 6) is -0.118. The van der Waals surface area contributed by atoms with Crippen molar-refractivity contribution in [2.45, 2.75) is 32.1 Å². The van der Waals surface area contributed by atoms with E-state index < -0.39 is 4.92 Å². The molecular formula is C15H17N3O3. The molecular weight excluding hydrogens is 270 g/mol. The molecule has 0 saturated heterocycles. The number of benzene rings is 1. The van der Waals surface area contributed by atoms with E-state index in [1.807, 2.05) is 0 Å². The average Bonchev–Trinajstić information content (AvgIpc) is 3.05. The maximum Gasteiger partial charge on any atom is 0.292 e. The molecule has 2 N–H and O–H groups in total. The standard InChI is InChI=1S/C15H17N3O3/c19-15-8-11-7-14(18(20)21)13(9-12(11)17-15)16-6-5-10-3-1-2-4-10/h3,7,9,16H,1-2,4-6,8H2,(H,17,19). The largest absolute Gasteiger partial charge is 0.379 e. The van der Waals surface area contributed by atoms with Crippen LogP contribution in [-0.2, 0) is 11.2 Å². The first-order chi connectivity index (χ1) is 10.1. The van der Waals surface area contributed by atoms with Gasteiger partial charge in [0.15, 0.2) is 0 Å². The van der Waals surface area contributed by atoms with Crippen molar-refractivity contribution in [3.63, 3.8) is 0 Å². The Hall–Kier alpha value is -2.37. The highest BCUT2D eigenvalue weighted by molar-refractivity contribution is 6.00. The molecule has 1 amide bonds. The van der Waals surface area contributed by atoms with Crippen molar-refractivity contribution in [1.29, 1.82) is 0 Å². The van der Waals surface area contributed by atoms with Gasteiger partial charge < -0.3 is 10.6 Å². The number of nitro groups is 1. The van der Waals surface area contributed by atoms with Crippen LogP contribution in [-0.4, -0.2) is 17.4 Å². The average molecular weight is 287 g/mol. The van der Waals surface area contributed by atoms with E-state index >= 15 is 0 Å². The second-order valence-corrected chi connectivity index (χ2v) is 5.44. The van der Waals surface area contributed by atoms with Crippen LogP contribution < -0.4 is 10.6 Å². The fourth-order valence-corrected chi connectivity index (χ4v) is 2.88. The van der Waals surface area contributed by atoms with Crippen LogP contribution in [0.1, 0.15) is 31.2 Å². The van der Waals surface area contributed by atoms with Crippen LogP contribution in [0.2, 0.25) is 0 Å². The molecule has 21 heavy (non-hydrogen) atoms. The van der Waals surface area contributed by atoms with Crippen LogP contribution in [0.15, 0.2) is 23.8 Å². The molecule has 1 aliphatic carbocycles. The molecule has 0 bridgehead atoms. The molecule has 6 nitrogen and oxygen atoms in total. The van der Waals surface area contributed by atoms with Gasteiger partial charge in [0.2, 0.25) is 5.91 Å².